The summed E-state index contributed by atoms with van der Waals surface area (Å²) in [4.78, 5) is 43.8. The van der Waals surface area contributed by atoms with Crippen LogP contribution in [0.2, 0.25) is 0 Å². The summed E-state index contributed by atoms with van der Waals surface area (Å²) >= 11 is 0. The number of likely N-dealkylation sites (tertiary alicyclic amines) is 1. The molecule has 3 aromatic carbocycles. The molecule has 2 amide bonds. The maximum Gasteiger partial charge on any atom is 0.269 e. The summed E-state index contributed by atoms with van der Waals surface area (Å²) in [6.45, 7) is 7.16. The van der Waals surface area contributed by atoms with Crippen LogP contribution in [0, 0.1) is 10.1 Å². The predicted molar refractivity (Wildman–Crippen MR) is 176 cm³/mol. The minimum atomic E-state index is -0.479. The van der Waals surface area contributed by atoms with Crippen LogP contribution in [-0.4, -0.2) is 65.5 Å². The Morgan fingerprint density at radius 2 is 1.53 bits per heavy atom. The van der Waals surface area contributed by atoms with Gasteiger partial charge in [-0.05, 0) is 75.9 Å². The third-order valence-electron chi connectivity index (χ3n) is 9.43. The van der Waals surface area contributed by atoms with Crippen molar-refractivity contribution in [1.82, 2.24) is 15.1 Å². The summed E-state index contributed by atoms with van der Waals surface area (Å²) in [5.74, 6) is -0.412. The molecule has 0 radical (unpaired) electrons. The molecule has 1 saturated heterocycles. The van der Waals surface area contributed by atoms with Crippen molar-refractivity contribution in [1.29, 1.82) is 0 Å². The average Bonchev–Trinajstić information content (AvgIpc) is 3.07. The highest BCUT2D eigenvalue weighted by Gasteiger charge is 2.38. The SMILES string of the molecule is CC1=NC(C)=C(N(C=O)CCCCN2CCC(c3ccccc3)(c3ccccc3)CC2)C(c2ccc([N+](=O)[O-])cc2)C1NC=O. The van der Waals surface area contributed by atoms with Crippen LogP contribution >= 0.6 is 0 Å². The molecule has 0 bridgehead atoms. The Balaban J connectivity index is 1.25. The van der Waals surface area contributed by atoms with Gasteiger partial charge in [0.2, 0.25) is 12.8 Å². The fourth-order valence-electron chi connectivity index (χ4n) is 7.11. The third kappa shape index (κ3) is 6.88. The van der Waals surface area contributed by atoms with Crippen LogP contribution in [0.3, 0.4) is 0 Å². The van der Waals surface area contributed by atoms with E-state index in [9.17, 15) is 19.7 Å². The second kappa shape index (κ2) is 14.4. The van der Waals surface area contributed by atoms with E-state index in [-0.39, 0.29) is 11.1 Å². The molecule has 0 aliphatic carbocycles. The van der Waals surface area contributed by atoms with Gasteiger partial charge in [0.05, 0.1) is 28.3 Å². The van der Waals surface area contributed by atoms with Crippen LogP contribution in [0.25, 0.3) is 0 Å². The third-order valence-corrected chi connectivity index (χ3v) is 9.43. The van der Waals surface area contributed by atoms with Gasteiger partial charge < -0.3 is 15.1 Å². The fraction of sp³-hybridized carbons (Fsp3) is 0.361. The van der Waals surface area contributed by atoms with E-state index < -0.39 is 16.9 Å². The first kappa shape index (κ1) is 31.8. The van der Waals surface area contributed by atoms with Crippen LogP contribution in [0.4, 0.5) is 5.69 Å². The monoisotopic (exact) mass is 607 g/mol. The number of nitrogens with zero attached hydrogens (tertiary/aromatic N) is 4. The topological polar surface area (TPSA) is 108 Å². The molecule has 0 saturated carbocycles. The minimum Gasteiger partial charge on any atom is -0.350 e. The van der Waals surface area contributed by atoms with E-state index in [0.29, 0.717) is 30.1 Å². The zero-order valence-electron chi connectivity index (χ0n) is 26.0. The van der Waals surface area contributed by atoms with Gasteiger partial charge in [-0.1, -0.05) is 72.8 Å². The number of hydrogen-bond acceptors (Lipinski definition) is 6. The highest BCUT2D eigenvalue weighted by Crippen LogP contribution is 2.42. The smallest absolute Gasteiger partial charge is 0.269 e. The Morgan fingerprint density at radius 1 is 0.933 bits per heavy atom. The van der Waals surface area contributed by atoms with Crippen LogP contribution in [0.5, 0.6) is 0 Å². The summed E-state index contributed by atoms with van der Waals surface area (Å²) in [5, 5.41) is 14.1. The number of carbonyl (C=O) groups excluding carboxylic acids is 2. The highest BCUT2D eigenvalue weighted by atomic mass is 16.6. The molecule has 45 heavy (non-hydrogen) atoms. The van der Waals surface area contributed by atoms with E-state index in [1.54, 1.807) is 17.0 Å². The number of benzene rings is 3. The second-order valence-electron chi connectivity index (χ2n) is 12.0. The number of hydrogen-bond donors (Lipinski definition) is 1. The number of aliphatic imine (C=N–C) groups is 1. The van der Waals surface area contributed by atoms with Gasteiger partial charge in [0.25, 0.3) is 5.69 Å². The molecule has 2 unspecified atom stereocenters. The lowest BCUT2D eigenvalue weighted by Crippen LogP contribution is -2.46. The van der Waals surface area contributed by atoms with Gasteiger partial charge in [0.1, 0.15) is 0 Å². The lowest BCUT2D eigenvalue weighted by atomic mass is 9.68. The minimum absolute atomic E-state index is 0.00986. The normalized spacial score (nSPS) is 19.8. The van der Waals surface area contributed by atoms with E-state index in [1.165, 1.54) is 23.3 Å². The first-order valence-electron chi connectivity index (χ1n) is 15.6. The van der Waals surface area contributed by atoms with Gasteiger partial charge in [-0.25, -0.2) is 0 Å². The summed E-state index contributed by atoms with van der Waals surface area (Å²) in [5.41, 5.74) is 5.62. The van der Waals surface area contributed by atoms with Crippen molar-refractivity contribution in [2.24, 2.45) is 4.99 Å². The Morgan fingerprint density at radius 3 is 2.07 bits per heavy atom. The lowest BCUT2D eigenvalue weighted by Gasteiger charge is -2.43. The van der Waals surface area contributed by atoms with E-state index in [2.05, 4.69) is 75.9 Å². The quantitative estimate of drug-likeness (QED) is 0.114. The van der Waals surface area contributed by atoms with Crippen LogP contribution < -0.4 is 5.32 Å². The number of nitro benzene ring substituents is 1. The van der Waals surface area contributed by atoms with Gasteiger partial charge in [0, 0.05) is 29.8 Å². The van der Waals surface area contributed by atoms with Gasteiger partial charge in [0.15, 0.2) is 0 Å². The van der Waals surface area contributed by atoms with Crippen molar-refractivity contribution < 1.29 is 14.5 Å². The Labute approximate surface area is 264 Å². The van der Waals surface area contributed by atoms with Crippen LogP contribution in [0.15, 0.2) is 101 Å². The molecule has 3 aromatic rings. The van der Waals surface area contributed by atoms with Crippen molar-refractivity contribution in [3.05, 3.63) is 123 Å². The summed E-state index contributed by atoms with van der Waals surface area (Å²) in [6, 6.07) is 27.5. The predicted octanol–water partition coefficient (Wildman–Crippen LogP) is 5.82. The van der Waals surface area contributed by atoms with Gasteiger partial charge >= 0.3 is 0 Å². The van der Waals surface area contributed by atoms with E-state index >= 15 is 0 Å². The average molecular weight is 608 g/mol. The summed E-state index contributed by atoms with van der Waals surface area (Å²) in [7, 11) is 0. The molecule has 1 N–H and O–H groups in total. The molecule has 234 valence electrons. The molecule has 0 spiro atoms. The molecule has 2 atom stereocenters. The zero-order chi connectivity index (χ0) is 31.8. The molecule has 9 nitrogen and oxygen atoms in total. The van der Waals surface area contributed by atoms with E-state index in [4.69, 9.17) is 0 Å². The molecule has 5 rings (SSSR count). The molecule has 9 heteroatoms. The van der Waals surface area contributed by atoms with Crippen molar-refractivity contribution in [3.8, 4) is 0 Å². The fourth-order valence-corrected chi connectivity index (χ4v) is 7.11. The molecule has 2 aliphatic rings. The number of nitrogens with one attached hydrogen (secondary N) is 1. The van der Waals surface area contributed by atoms with Crippen molar-refractivity contribution in [2.75, 3.05) is 26.2 Å². The van der Waals surface area contributed by atoms with Gasteiger partial charge in [-0.15, -0.1) is 0 Å². The largest absolute Gasteiger partial charge is 0.350 e. The molecule has 2 aliphatic heterocycles. The lowest BCUT2D eigenvalue weighted by molar-refractivity contribution is -0.384. The second-order valence-corrected chi connectivity index (χ2v) is 12.0. The number of nitro groups is 1. The number of unbranched alkanes of at least 4 members (excludes halogenated alkanes) is 1. The Bertz CT molecular complexity index is 1490. The number of rotatable bonds is 13. The number of amides is 2. The molecule has 1 fully saturated rings. The maximum atomic E-state index is 12.5. The molecular weight excluding hydrogens is 566 g/mol. The number of allylic oxidation sites excluding steroid dienone is 1. The number of carbonyl (C=O) groups is 2. The Kier molecular flexibility index (Phi) is 10.2. The maximum absolute atomic E-state index is 12.5. The summed E-state index contributed by atoms with van der Waals surface area (Å²) in [6.07, 6.45) is 5.30. The Hall–Kier alpha value is -4.63. The highest BCUT2D eigenvalue weighted by molar-refractivity contribution is 5.92. The summed E-state index contributed by atoms with van der Waals surface area (Å²) < 4.78 is 0. The van der Waals surface area contributed by atoms with Crippen LogP contribution in [0.1, 0.15) is 62.1 Å². The van der Waals surface area contributed by atoms with E-state index in [1.807, 2.05) is 13.8 Å². The first-order chi connectivity index (χ1) is 21.9. The zero-order valence-corrected chi connectivity index (χ0v) is 26.0. The van der Waals surface area contributed by atoms with Crippen molar-refractivity contribution in [2.45, 2.75) is 56.9 Å². The first-order valence-corrected chi connectivity index (χ1v) is 15.6. The molecule has 0 aromatic heterocycles. The standard InChI is InChI=1S/C36H41N5O4/c1-27-34(37-25-42)33(29-15-17-32(18-16-29)41(44)45)35(28(2)38-27)40(26-43)22-10-9-21-39-23-19-36(20-24-39,30-11-5-3-6-12-30)31-13-7-4-8-14-31/h3-8,11-18,25-26,33-34H,9-10,19-24H2,1-2H3,(H,37,42). The number of non-ortho nitro benzene ring substituents is 1. The van der Waals surface area contributed by atoms with E-state index in [0.717, 1.165) is 57.3 Å². The number of piperidine rings is 1. The molecule has 2 heterocycles. The van der Waals surface area contributed by atoms with Crippen LogP contribution in [-0.2, 0) is 15.0 Å². The van der Waals surface area contributed by atoms with Crippen molar-refractivity contribution in [3.63, 3.8) is 0 Å². The van der Waals surface area contributed by atoms with Gasteiger partial charge in [-0.3, -0.25) is 24.7 Å². The molecular formula is C36H41N5O4. The van der Waals surface area contributed by atoms with Crippen molar-refractivity contribution >= 4 is 24.2 Å². The van der Waals surface area contributed by atoms with Gasteiger partial charge in [-0.2, -0.15) is 0 Å².